The van der Waals surface area contributed by atoms with E-state index in [9.17, 15) is 13.7 Å². The number of nitrogens with zero attached hydrogens (tertiary/aromatic N) is 2. The number of ether oxygens (including phenoxy) is 1. The predicted molar refractivity (Wildman–Crippen MR) is 91.8 cm³/mol. The number of aliphatic imine (C=N–C) groups is 1. The summed E-state index contributed by atoms with van der Waals surface area (Å²) in [6, 6.07) is 9.18. The van der Waals surface area contributed by atoms with E-state index in [4.69, 9.17) is 21.2 Å². The maximum atomic E-state index is 14.3. The lowest BCUT2D eigenvalue weighted by Gasteiger charge is -2.15. The molecule has 0 aromatic heterocycles. The van der Waals surface area contributed by atoms with Gasteiger partial charge in [-0.3, -0.25) is 0 Å². The fraction of sp³-hybridized carbons (Fsp3) is 0.235. The zero-order valence-corrected chi connectivity index (χ0v) is 14.3. The molecule has 0 bridgehead atoms. The fourth-order valence-electron chi connectivity index (χ4n) is 2.39. The summed E-state index contributed by atoms with van der Waals surface area (Å²) >= 11 is 5.85. The van der Waals surface area contributed by atoms with Gasteiger partial charge in [-0.2, -0.15) is 4.91 Å². The molecule has 0 saturated heterocycles. The third-order valence-corrected chi connectivity index (χ3v) is 3.99. The molecule has 0 saturated carbocycles. The summed E-state index contributed by atoms with van der Waals surface area (Å²) in [5.41, 5.74) is 3.10. The second-order valence-electron chi connectivity index (χ2n) is 5.53. The molecule has 1 heterocycles. The molecule has 0 radical (unpaired) electrons. The maximum Gasteiger partial charge on any atom is 0.252 e. The number of halogens is 3. The molecule has 9 heteroatoms. The number of hydrogen-bond acceptors (Lipinski definition) is 6. The van der Waals surface area contributed by atoms with E-state index in [1.807, 2.05) is 0 Å². The van der Waals surface area contributed by atoms with Crippen molar-refractivity contribution in [2.75, 3.05) is 0 Å². The number of nitroso groups, excluding NO2 is 1. The SMILES string of the molecule is CC(Oc1ccc(F)c(CN=O)c1F)C1=NC(c2ccc(Cl)cc2)NO1. The molecule has 0 amide bonds. The minimum Gasteiger partial charge on any atom is -0.478 e. The third kappa shape index (κ3) is 3.81. The van der Waals surface area contributed by atoms with Crippen LogP contribution in [0.3, 0.4) is 0 Å². The van der Waals surface area contributed by atoms with Crippen molar-refractivity contribution in [3.8, 4) is 5.75 Å². The van der Waals surface area contributed by atoms with Crippen molar-refractivity contribution < 1.29 is 18.4 Å². The van der Waals surface area contributed by atoms with Crippen LogP contribution in [0.2, 0.25) is 5.02 Å². The van der Waals surface area contributed by atoms with Gasteiger partial charge in [0.2, 0.25) is 0 Å². The van der Waals surface area contributed by atoms with E-state index in [0.29, 0.717) is 5.02 Å². The molecule has 0 aliphatic carbocycles. The van der Waals surface area contributed by atoms with Crippen molar-refractivity contribution in [2.45, 2.75) is 25.7 Å². The predicted octanol–water partition coefficient (Wildman–Crippen LogP) is 4.28. The first-order valence-electron chi connectivity index (χ1n) is 7.67. The number of hydroxylamine groups is 1. The Labute approximate surface area is 152 Å². The molecule has 2 unspecified atom stereocenters. The highest BCUT2D eigenvalue weighted by molar-refractivity contribution is 6.30. The summed E-state index contributed by atoms with van der Waals surface area (Å²) in [7, 11) is 0. The smallest absolute Gasteiger partial charge is 0.252 e. The Kier molecular flexibility index (Phi) is 5.43. The Bertz CT molecular complexity index is 846. The molecule has 2 atom stereocenters. The highest BCUT2D eigenvalue weighted by Crippen LogP contribution is 2.27. The Morgan fingerprint density at radius 2 is 2.04 bits per heavy atom. The second-order valence-corrected chi connectivity index (χ2v) is 5.96. The van der Waals surface area contributed by atoms with Gasteiger partial charge in [-0.15, -0.1) is 5.48 Å². The molecule has 6 nitrogen and oxygen atoms in total. The van der Waals surface area contributed by atoms with E-state index in [1.54, 1.807) is 31.2 Å². The van der Waals surface area contributed by atoms with Crippen LogP contribution in [0, 0.1) is 16.5 Å². The van der Waals surface area contributed by atoms with Crippen molar-refractivity contribution in [1.82, 2.24) is 5.48 Å². The van der Waals surface area contributed by atoms with Crippen molar-refractivity contribution in [3.05, 3.63) is 69.1 Å². The van der Waals surface area contributed by atoms with Gasteiger partial charge in [0.15, 0.2) is 23.8 Å². The van der Waals surface area contributed by atoms with Crippen LogP contribution in [0.1, 0.15) is 24.2 Å². The van der Waals surface area contributed by atoms with E-state index < -0.39 is 36.0 Å². The van der Waals surface area contributed by atoms with Gasteiger partial charge in [-0.1, -0.05) is 28.9 Å². The molecule has 1 aliphatic rings. The highest BCUT2D eigenvalue weighted by atomic mass is 35.5. The molecule has 1 N–H and O–H groups in total. The fourth-order valence-corrected chi connectivity index (χ4v) is 2.52. The third-order valence-electron chi connectivity index (χ3n) is 3.74. The van der Waals surface area contributed by atoms with Gasteiger partial charge in [0, 0.05) is 5.02 Å². The standard InChI is InChI=1S/C17H14ClF2N3O3/c1-9(25-14-7-6-13(19)12(8-21-24)15(14)20)17-22-16(23-26-17)10-2-4-11(18)5-3-10/h2-7,9,16,23H,8H2,1H3. The lowest BCUT2D eigenvalue weighted by atomic mass is 10.2. The van der Waals surface area contributed by atoms with E-state index >= 15 is 0 Å². The number of benzene rings is 2. The monoisotopic (exact) mass is 381 g/mol. The molecule has 26 heavy (non-hydrogen) atoms. The van der Waals surface area contributed by atoms with Crippen LogP contribution in [0.15, 0.2) is 46.6 Å². The number of rotatable bonds is 6. The minimum atomic E-state index is -0.975. The zero-order chi connectivity index (χ0) is 18.7. The number of nitrogens with one attached hydrogen (secondary N) is 1. The quantitative estimate of drug-likeness (QED) is 0.758. The summed E-state index contributed by atoms with van der Waals surface area (Å²) in [6.07, 6.45) is -1.21. The van der Waals surface area contributed by atoms with Gasteiger partial charge in [-0.05, 0) is 36.8 Å². The lowest BCUT2D eigenvalue weighted by molar-refractivity contribution is 0.148. The molecule has 1 aliphatic heterocycles. The Balaban J connectivity index is 1.75. The lowest BCUT2D eigenvalue weighted by Crippen LogP contribution is -2.26. The number of hydrogen-bond donors (Lipinski definition) is 1. The Morgan fingerprint density at radius 1 is 1.31 bits per heavy atom. The maximum absolute atomic E-state index is 14.3. The van der Waals surface area contributed by atoms with Crippen LogP contribution < -0.4 is 10.2 Å². The molecule has 2 aromatic carbocycles. The summed E-state index contributed by atoms with van der Waals surface area (Å²) in [5, 5.41) is 3.12. The van der Waals surface area contributed by atoms with Gasteiger partial charge < -0.3 is 9.57 Å². The van der Waals surface area contributed by atoms with Gasteiger partial charge in [-0.25, -0.2) is 13.8 Å². The zero-order valence-electron chi connectivity index (χ0n) is 13.6. The first-order chi connectivity index (χ1) is 12.5. The summed E-state index contributed by atoms with van der Waals surface area (Å²) in [4.78, 5) is 20.0. The minimum absolute atomic E-state index is 0.198. The Morgan fingerprint density at radius 3 is 2.73 bits per heavy atom. The van der Waals surface area contributed by atoms with Crippen LogP contribution >= 0.6 is 11.6 Å². The van der Waals surface area contributed by atoms with E-state index in [-0.39, 0.29) is 11.6 Å². The van der Waals surface area contributed by atoms with Crippen molar-refractivity contribution >= 4 is 17.5 Å². The topological polar surface area (TPSA) is 72.3 Å². The van der Waals surface area contributed by atoms with Crippen LogP contribution in [-0.4, -0.2) is 12.0 Å². The summed E-state index contributed by atoms with van der Waals surface area (Å²) < 4.78 is 33.3. The summed E-state index contributed by atoms with van der Waals surface area (Å²) in [6.45, 7) is 0.978. The van der Waals surface area contributed by atoms with Gasteiger partial charge in [0.25, 0.3) is 5.90 Å². The van der Waals surface area contributed by atoms with Gasteiger partial charge >= 0.3 is 0 Å². The van der Waals surface area contributed by atoms with Crippen LogP contribution in [0.25, 0.3) is 0 Å². The van der Waals surface area contributed by atoms with Crippen molar-refractivity contribution in [2.24, 2.45) is 10.2 Å². The highest BCUT2D eigenvalue weighted by Gasteiger charge is 2.27. The average molecular weight is 382 g/mol. The Hall–Kier alpha value is -2.58. The van der Waals surface area contributed by atoms with Crippen molar-refractivity contribution in [1.29, 1.82) is 0 Å². The first-order valence-corrected chi connectivity index (χ1v) is 8.05. The van der Waals surface area contributed by atoms with Crippen LogP contribution in [0.4, 0.5) is 8.78 Å². The molecular weight excluding hydrogens is 368 g/mol. The van der Waals surface area contributed by atoms with E-state index in [0.717, 1.165) is 17.7 Å². The summed E-state index contributed by atoms with van der Waals surface area (Å²) in [5.74, 6) is -1.86. The first kappa shape index (κ1) is 18.2. The molecule has 0 fully saturated rings. The molecule has 3 rings (SSSR count). The van der Waals surface area contributed by atoms with E-state index in [1.165, 1.54) is 0 Å². The van der Waals surface area contributed by atoms with E-state index in [2.05, 4.69) is 15.6 Å². The molecule has 136 valence electrons. The average Bonchev–Trinajstić information content (AvgIpc) is 3.12. The van der Waals surface area contributed by atoms with Gasteiger partial charge in [0.05, 0.1) is 5.56 Å². The normalized spacial score (nSPS) is 17.4. The second kappa shape index (κ2) is 7.76. The molecule has 2 aromatic rings. The van der Waals surface area contributed by atoms with Crippen LogP contribution in [0.5, 0.6) is 5.75 Å². The van der Waals surface area contributed by atoms with Crippen LogP contribution in [-0.2, 0) is 11.4 Å². The molecule has 0 spiro atoms. The van der Waals surface area contributed by atoms with Gasteiger partial charge in [0.1, 0.15) is 12.4 Å². The van der Waals surface area contributed by atoms with Crippen molar-refractivity contribution in [3.63, 3.8) is 0 Å². The molecular formula is C17H14ClF2N3O3. The largest absolute Gasteiger partial charge is 0.478 e.